The van der Waals surface area contributed by atoms with Gasteiger partial charge >= 0.3 is 5.97 Å². The van der Waals surface area contributed by atoms with E-state index in [9.17, 15) is 24.0 Å². The van der Waals surface area contributed by atoms with Crippen molar-refractivity contribution < 1.29 is 29.1 Å². The summed E-state index contributed by atoms with van der Waals surface area (Å²) in [6.45, 7) is 0.993. The van der Waals surface area contributed by atoms with Crippen LogP contribution in [0.3, 0.4) is 0 Å². The lowest BCUT2D eigenvalue weighted by Gasteiger charge is -2.35. The number of nitrogens with zero attached hydrogens (tertiary/aromatic N) is 2. The zero-order chi connectivity index (χ0) is 19.3. The number of carbonyl (C=O) groups is 5. The van der Waals surface area contributed by atoms with Gasteiger partial charge in [0.05, 0.1) is 19.0 Å². The van der Waals surface area contributed by atoms with Crippen molar-refractivity contribution in [3.8, 4) is 0 Å². The van der Waals surface area contributed by atoms with Crippen molar-refractivity contribution >= 4 is 36.2 Å². The quantitative estimate of drug-likeness (QED) is 0.604. The van der Waals surface area contributed by atoms with Gasteiger partial charge in [0.2, 0.25) is 18.2 Å². The molecule has 3 amide bonds. The van der Waals surface area contributed by atoms with E-state index in [1.807, 2.05) is 0 Å². The Kier molecular flexibility index (Phi) is 6.05. The summed E-state index contributed by atoms with van der Waals surface area (Å²) in [6, 6.07) is 5.76. The van der Waals surface area contributed by atoms with E-state index in [2.05, 4.69) is 5.32 Å². The molecule has 0 aromatic heterocycles. The van der Waals surface area contributed by atoms with E-state index < -0.39 is 30.5 Å². The molecule has 138 valence electrons. The third-order valence-corrected chi connectivity index (χ3v) is 4.10. The van der Waals surface area contributed by atoms with Crippen LogP contribution in [0.1, 0.15) is 18.9 Å². The smallest absolute Gasteiger partial charge is 0.305 e. The van der Waals surface area contributed by atoms with E-state index in [1.165, 1.54) is 11.8 Å². The highest BCUT2D eigenvalue weighted by Crippen LogP contribution is 2.34. The topological polar surface area (TPSA) is 124 Å². The molecule has 0 bridgehead atoms. The van der Waals surface area contributed by atoms with Crippen LogP contribution in [-0.2, 0) is 30.4 Å². The number of amides is 3. The zero-order valence-electron chi connectivity index (χ0n) is 14.1. The molecule has 2 N–H and O–H groups in total. The third kappa shape index (κ3) is 4.05. The molecule has 1 aliphatic rings. The highest BCUT2D eigenvalue weighted by atomic mass is 16.4. The van der Waals surface area contributed by atoms with Crippen LogP contribution in [0, 0.1) is 0 Å². The minimum atomic E-state index is -1.24. The molecule has 0 saturated carbocycles. The summed E-state index contributed by atoms with van der Waals surface area (Å²) in [6.07, 6.45) is -0.409. The first-order valence-electron chi connectivity index (χ1n) is 7.93. The monoisotopic (exact) mass is 361 g/mol. The number of carboxylic acids is 1. The van der Waals surface area contributed by atoms with E-state index in [4.69, 9.17) is 5.11 Å². The summed E-state index contributed by atoms with van der Waals surface area (Å²) >= 11 is 0. The van der Waals surface area contributed by atoms with Gasteiger partial charge in [-0.25, -0.2) is 0 Å². The largest absolute Gasteiger partial charge is 0.481 e. The van der Waals surface area contributed by atoms with Gasteiger partial charge in [0.15, 0.2) is 0 Å². The maximum atomic E-state index is 12.6. The van der Waals surface area contributed by atoms with Gasteiger partial charge in [0.1, 0.15) is 12.5 Å². The molecule has 0 radical (unpaired) electrons. The molecule has 1 aliphatic heterocycles. The van der Waals surface area contributed by atoms with E-state index >= 15 is 0 Å². The standard InChI is InChI=1S/C17H19N3O6/c1-11(23)18-8-16(24)20-14-5-3-2-4-12(14)6-15(20)19(10-22)13(9-21)7-17(25)26/h2-5,9-10,13,15H,6-8H2,1H3,(H,18,23)(H,25,26)/t13?,15-/m0/s1. The number of nitrogens with one attached hydrogen (secondary N) is 1. The number of benzene rings is 1. The number of hydrogen-bond donors (Lipinski definition) is 2. The molecular weight excluding hydrogens is 342 g/mol. The van der Waals surface area contributed by atoms with E-state index in [1.54, 1.807) is 24.3 Å². The van der Waals surface area contributed by atoms with Gasteiger partial charge in [-0.05, 0) is 11.6 Å². The van der Waals surface area contributed by atoms with Crippen molar-refractivity contribution in [1.29, 1.82) is 0 Å². The molecule has 1 heterocycles. The van der Waals surface area contributed by atoms with Crippen LogP contribution in [0.5, 0.6) is 0 Å². The molecule has 1 aromatic carbocycles. The first-order valence-corrected chi connectivity index (χ1v) is 7.93. The minimum absolute atomic E-state index is 0.255. The second kappa shape index (κ2) is 8.24. The van der Waals surface area contributed by atoms with Gasteiger partial charge < -0.3 is 20.1 Å². The fourth-order valence-electron chi connectivity index (χ4n) is 2.96. The van der Waals surface area contributed by atoms with Crippen molar-refractivity contribution in [1.82, 2.24) is 10.2 Å². The predicted octanol–water partition coefficient (Wildman–Crippen LogP) is -0.461. The summed E-state index contributed by atoms with van der Waals surface area (Å²) in [7, 11) is 0. The number of carbonyl (C=O) groups excluding carboxylic acids is 4. The molecule has 0 saturated heterocycles. The molecule has 9 nitrogen and oxygen atoms in total. The molecule has 1 aromatic rings. The number of aldehydes is 1. The highest BCUT2D eigenvalue weighted by Gasteiger charge is 2.39. The van der Waals surface area contributed by atoms with Crippen LogP contribution in [-0.4, -0.2) is 59.2 Å². The van der Waals surface area contributed by atoms with Crippen LogP contribution in [0.15, 0.2) is 24.3 Å². The first-order chi connectivity index (χ1) is 12.4. The second-order valence-corrected chi connectivity index (χ2v) is 5.84. The molecule has 0 spiro atoms. The summed E-state index contributed by atoms with van der Waals surface area (Å²) in [5.74, 6) is -2.09. The van der Waals surface area contributed by atoms with Crippen molar-refractivity contribution in [2.24, 2.45) is 0 Å². The molecular formula is C17H19N3O6. The van der Waals surface area contributed by atoms with Gasteiger partial charge in [0.25, 0.3) is 0 Å². The van der Waals surface area contributed by atoms with Gasteiger partial charge in [-0.2, -0.15) is 0 Å². The molecule has 0 fully saturated rings. The molecule has 9 heteroatoms. The Bertz CT molecular complexity index is 735. The number of para-hydroxylation sites is 1. The molecule has 26 heavy (non-hydrogen) atoms. The number of rotatable bonds is 8. The maximum absolute atomic E-state index is 12.6. The number of carboxylic acid groups (broad SMARTS) is 1. The zero-order valence-corrected chi connectivity index (χ0v) is 14.1. The van der Waals surface area contributed by atoms with Crippen molar-refractivity contribution in [3.63, 3.8) is 0 Å². The fraction of sp³-hybridized carbons (Fsp3) is 0.353. The average Bonchev–Trinajstić information content (AvgIpc) is 2.98. The lowest BCUT2D eigenvalue weighted by atomic mass is 10.1. The summed E-state index contributed by atoms with van der Waals surface area (Å²) < 4.78 is 0. The van der Waals surface area contributed by atoms with Crippen molar-refractivity contribution in [2.75, 3.05) is 11.4 Å². The van der Waals surface area contributed by atoms with E-state index in [0.29, 0.717) is 18.4 Å². The predicted molar refractivity (Wildman–Crippen MR) is 90.1 cm³/mol. The van der Waals surface area contributed by atoms with Crippen LogP contribution in [0.25, 0.3) is 0 Å². The van der Waals surface area contributed by atoms with Gasteiger partial charge in [-0.3, -0.25) is 24.1 Å². The second-order valence-electron chi connectivity index (χ2n) is 5.84. The molecule has 1 unspecified atom stereocenters. The Morgan fingerprint density at radius 1 is 1.35 bits per heavy atom. The van der Waals surface area contributed by atoms with Crippen molar-refractivity contribution in [3.05, 3.63) is 29.8 Å². The van der Waals surface area contributed by atoms with Gasteiger partial charge in [-0.15, -0.1) is 0 Å². The third-order valence-electron chi connectivity index (χ3n) is 4.10. The van der Waals surface area contributed by atoms with Gasteiger partial charge in [0, 0.05) is 19.0 Å². The van der Waals surface area contributed by atoms with Crippen LogP contribution in [0.4, 0.5) is 5.69 Å². The SMILES string of the molecule is CC(=O)NCC(=O)N1c2ccccc2C[C@H]1N(C=O)C(C=O)CC(=O)O. The minimum Gasteiger partial charge on any atom is -0.481 e. The summed E-state index contributed by atoms with van der Waals surface area (Å²) in [5.41, 5.74) is 1.33. The Balaban J connectivity index is 2.36. The number of anilines is 1. The molecule has 2 atom stereocenters. The van der Waals surface area contributed by atoms with Gasteiger partial charge in [-0.1, -0.05) is 18.2 Å². The Hall–Kier alpha value is -3.23. The summed E-state index contributed by atoms with van der Waals surface area (Å²) in [5, 5.41) is 11.4. The Morgan fingerprint density at radius 3 is 2.62 bits per heavy atom. The average molecular weight is 361 g/mol. The lowest BCUT2D eigenvalue weighted by molar-refractivity contribution is -0.141. The van der Waals surface area contributed by atoms with E-state index in [0.717, 1.165) is 10.5 Å². The number of hydrogen-bond acceptors (Lipinski definition) is 5. The Labute approximate surface area is 149 Å². The van der Waals surface area contributed by atoms with Crippen LogP contribution in [0.2, 0.25) is 0 Å². The normalized spacial score (nSPS) is 16.3. The number of aliphatic carboxylic acids is 1. The fourth-order valence-corrected chi connectivity index (χ4v) is 2.96. The lowest BCUT2D eigenvalue weighted by Crippen LogP contribution is -2.55. The van der Waals surface area contributed by atoms with E-state index in [-0.39, 0.29) is 18.9 Å². The molecule has 0 aliphatic carbocycles. The molecule has 2 rings (SSSR count). The maximum Gasteiger partial charge on any atom is 0.305 e. The van der Waals surface area contributed by atoms with Crippen LogP contribution >= 0.6 is 0 Å². The van der Waals surface area contributed by atoms with Crippen LogP contribution < -0.4 is 10.2 Å². The first kappa shape index (κ1) is 19.1. The van der Waals surface area contributed by atoms with Crippen molar-refractivity contribution in [2.45, 2.75) is 32.0 Å². The number of fused-ring (bicyclic) bond motifs is 1. The summed E-state index contributed by atoms with van der Waals surface area (Å²) in [4.78, 5) is 60.0. The highest BCUT2D eigenvalue weighted by molar-refractivity contribution is 5.99. The Morgan fingerprint density at radius 2 is 2.04 bits per heavy atom.